The highest BCUT2D eigenvalue weighted by molar-refractivity contribution is 5.32. The molecule has 2 unspecified atom stereocenters. The van der Waals surface area contributed by atoms with Gasteiger partial charge in [0.05, 0.1) is 19.3 Å². The van der Waals surface area contributed by atoms with Crippen molar-refractivity contribution in [1.82, 2.24) is 0 Å². The maximum atomic E-state index is 14.7. The minimum atomic E-state index is -0.931. The van der Waals surface area contributed by atoms with E-state index in [1.165, 1.54) is 25.3 Å². The van der Waals surface area contributed by atoms with E-state index in [4.69, 9.17) is 9.47 Å². The summed E-state index contributed by atoms with van der Waals surface area (Å²) in [6.07, 6.45) is 9.13. The first kappa shape index (κ1) is 25.6. The van der Waals surface area contributed by atoms with E-state index in [1.54, 1.807) is 12.1 Å². The van der Waals surface area contributed by atoms with Crippen molar-refractivity contribution < 1.29 is 22.6 Å². The molecule has 0 N–H and O–H groups in total. The second-order valence-electron chi connectivity index (χ2n) is 9.30. The lowest BCUT2D eigenvalue weighted by Gasteiger charge is -2.30. The summed E-state index contributed by atoms with van der Waals surface area (Å²) in [4.78, 5) is 0. The molecule has 5 heteroatoms. The number of unbranched alkanes of at least 4 members (excludes halogenated alkanes) is 5. The third-order valence-electron chi connectivity index (χ3n) is 6.58. The molecule has 0 aromatic heterocycles. The normalized spacial score (nSPS) is 18.5. The molecule has 1 saturated heterocycles. The quantitative estimate of drug-likeness (QED) is 0.296. The van der Waals surface area contributed by atoms with Gasteiger partial charge in [-0.3, -0.25) is 0 Å². The molecule has 1 fully saturated rings. The van der Waals surface area contributed by atoms with Gasteiger partial charge >= 0.3 is 0 Å². The monoisotopic (exact) mass is 462 g/mol. The van der Waals surface area contributed by atoms with E-state index in [1.807, 2.05) is 19.1 Å². The van der Waals surface area contributed by atoms with Gasteiger partial charge in [-0.05, 0) is 74.3 Å². The average Bonchev–Trinajstić information content (AvgIpc) is 2.81. The van der Waals surface area contributed by atoms with E-state index in [0.717, 1.165) is 37.7 Å². The minimum absolute atomic E-state index is 0.0291. The molecule has 0 aliphatic carbocycles. The summed E-state index contributed by atoms with van der Waals surface area (Å²) < 4.78 is 54.7. The van der Waals surface area contributed by atoms with Crippen LogP contribution < -0.4 is 4.74 Å². The molecule has 33 heavy (non-hydrogen) atoms. The van der Waals surface area contributed by atoms with Crippen LogP contribution in [0.25, 0.3) is 0 Å². The Morgan fingerprint density at radius 3 is 2.45 bits per heavy atom. The molecule has 182 valence electrons. The maximum absolute atomic E-state index is 14.7. The van der Waals surface area contributed by atoms with Crippen LogP contribution in [-0.4, -0.2) is 13.2 Å². The summed E-state index contributed by atoms with van der Waals surface area (Å²) in [6, 6.07) is 8.42. The summed E-state index contributed by atoms with van der Waals surface area (Å²) in [6.45, 7) is 4.91. The van der Waals surface area contributed by atoms with Crippen LogP contribution in [0.15, 0.2) is 30.3 Å². The van der Waals surface area contributed by atoms with Crippen molar-refractivity contribution in [2.24, 2.45) is 5.92 Å². The van der Waals surface area contributed by atoms with E-state index < -0.39 is 17.7 Å². The smallest absolute Gasteiger partial charge is 0.200 e. The third-order valence-corrected chi connectivity index (χ3v) is 6.58. The molecule has 1 aliphatic heterocycles. The number of hydrogen-bond donors (Lipinski definition) is 0. The second-order valence-corrected chi connectivity index (χ2v) is 9.30. The molecule has 2 atom stereocenters. The van der Waals surface area contributed by atoms with Crippen molar-refractivity contribution in [2.45, 2.75) is 84.2 Å². The van der Waals surface area contributed by atoms with Crippen molar-refractivity contribution in [3.8, 4) is 5.75 Å². The SMILES string of the molecule is CCCCCCCCOc1ccc(C2CCC(CCc3ccc(C)cc3F)CO2)c(F)c1F. The van der Waals surface area contributed by atoms with Gasteiger partial charge in [-0.1, -0.05) is 51.2 Å². The molecule has 1 heterocycles. The van der Waals surface area contributed by atoms with Crippen LogP contribution in [0.5, 0.6) is 5.75 Å². The van der Waals surface area contributed by atoms with Gasteiger partial charge in [-0.2, -0.15) is 4.39 Å². The Kier molecular flexibility index (Phi) is 10.1. The lowest BCUT2D eigenvalue weighted by atomic mass is 9.90. The van der Waals surface area contributed by atoms with Crippen molar-refractivity contribution in [1.29, 1.82) is 0 Å². The number of aryl methyl sites for hydroxylation is 2. The summed E-state index contributed by atoms with van der Waals surface area (Å²) in [5.74, 6) is -1.71. The molecule has 0 radical (unpaired) electrons. The largest absolute Gasteiger partial charge is 0.490 e. The van der Waals surface area contributed by atoms with Crippen molar-refractivity contribution >= 4 is 0 Å². The van der Waals surface area contributed by atoms with Gasteiger partial charge < -0.3 is 9.47 Å². The fourth-order valence-electron chi connectivity index (χ4n) is 4.46. The van der Waals surface area contributed by atoms with Crippen LogP contribution in [0.3, 0.4) is 0 Å². The summed E-state index contributed by atoms with van der Waals surface area (Å²) in [5.41, 5.74) is 1.88. The maximum Gasteiger partial charge on any atom is 0.200 e. The molecule has 3 rings (SSSR count). The van der Waals surface area contributed by atoms with Crippen LogP contribution in [0, 0.1) is 30.3 Å². The van der Waals surface area contributed by atoms with Gasteiger partial charge in [-0.25, -0.2) is 8.78 Å². The standard InChI is InChI=1S/C28H37F3O2/c1-3-4-5-6-7-8-17-32-26-16-14-23(27(30)28(26)31)25-15-11-21(19-33-25)10-13-22-12-9-20(2)18-24(22)29/h9,12,14,16,18,21,25H,3-8,10-11,13,15,17,19H2,1-2H3. The van der Waals surface area contributed by atoms with Gasteiger partial charge in [0.1, 0.15) is 5.82 Å². The van der Waals surface area contributed by atoms with E-state index in [2.05, 4.69) is 6.92 Å². The second kappa shape index (κ2) is 13.0. The summed E-state index contributed by atoms with van der Waals surface area (Å²) in [7, 11) is 0. The number of rotatable bonds is 12. The van der Waals surface area contributed by atoms with Crippen molar-refractivity contribution in [3.05, 3.63) is 64.5 Å². The zero-order chi connectivity index (χ0) is 23.6. The van der Waals surface area contributed by atoms with Crippen molar-refractivity contribution in [2.75, 3.05) is 13.2 Å². The predicted molar refractivity (Wildman–Crippen MR) is 126 cm³/mol. The van der Waals surface area contributed by atoms with Gasteiger partial charge in [-0.15, -0.1) is 0 Å². The lowest BCUT2D eigenvalue weighted by Crippen LogP contribution is -2.22. The molecule has 2 nitrogen and oxygen atoms in total. The first-order valence-electron chi connectivity index (χ1n) is 12.5. The molecule has 2 aromatic rings. The van der Waals surface area contributed by atoms with Crippen LogP contribution in [0.1, 0.15) is 87.5 Å². The predicted octanol–water partition coefficient (Wildman–Crippen LogP) is 8.25. The zero-order valence-electron chi connectivity index (χ0n) is 20.0. The highest BCUT2D eigenvalue weighted by Crippen LogP contribution is 2.36. The third kappa shape index (κ3) is 7.49. The van der Waals surface area contributed by atoms with E-state index in [9.17, 15) is 13.2 Å². The lowest BCUT2D eigenvalue weighted by molar-refractivity contribution is -0.0213. The van der Waals surface area contributed by atoms with Gasteiger partial charge in [0.2, 0.25) is 5.82 Å². The zero-order valence-corrected chi connectivity index (χ0v) is 20.0. The molecule has 2 aromatic carbocycles. The molecule has 0 amide bonds. The van der Waals surface area contributed by atoms with Crippen LogP contribution in [0.4, 0.5) is 13.2 Å². The Hall–Kier alpha value is -2.01. The number of hydrogen-bond acceptors (Lipinski definition) is 2. The topological polar surface area (TPSA) is 18.5 Å². The Balaban J connectivity index is 1.45. The Bertz CT molecular complexity index is 876. The molecule has 1 aliphatic rings. The highest BCUT2D eigenvalue weighted by Gasteiger charge is 2.27. The minimum Gasteiger partial charge on any atom is -0.490 e. The van der Waals surface area contributed by atoms with Gasteiger partial charge in [0.25, 0.3) is 0 Å². The first-order valence-corrected chi connectivity index (χ1v) is 12.5. The molecule has 0 spiro atoms. The number of halogens is 3. The first-order chi connectivity index (χ1) is 16.0. The van der Waals surface area contributed by atoms with Gasteiger partial charge in [0.15, 0.2) is 11.6 Å². The number of ether oxygens (including phenoxy) is 2. The van der Waals surface area contributed by atoms with E-state index >= 15 is 0 Å². The Morgan fingerprint density at radius 1 is 0.939 bits per heavy atom. The highest BCUT2D eigenvalue weighted by atomic mass is 19.2. The fraction of sp³-hybridized carbons (Fsp3) is 0.571. The Labute approximate surface area is 196 Å². The van der Waals surface area contributed by atoms with Gasteiger partial charge in [0, 0.05) is 5.56 Å². The Morgan fingerprint density at radius 2 is 1.73 bits per heavy atom. The van der Waals surface area contributed by atoms with Crippen LogP contribution in [0.2, 0.25) is 0 Å². The molecular formula is C28H37F3O2. The molecule has 0 bridgehead atoms. The van der Waals surface area contributed by atoms with Crippen LogP contribution in [-0.2, 0) is 11.2 Å². The molecule has 0 saturated carbocycles. The van der Waals surface area contributed by atoms with Crippen LogP contribution >= 0.6 is 0 Å². The van der Waals surface area contributed by atoms with Crippen molar-refractivity contribution in [3.63, 3.8) is 0 Å². The summed E-state index contributed by atoms with van der Waals surface area (Å²) >= 11 is 0. The summed E-state index contributed by atoms with van der Waals surface area (Å²) in [5, 5.41) is 0. The van der Waals surface area contributed by atoms with E-state index in [0.29, 0.717) is 31.6 Å². The number of benzene rings is 2. The van der Waals surface area contributed by atoms with E-state index in [-0.39, 0.29) is 23.0 Å². The fourth-order valence-corrected chi connectivity index (χ4v) is 4.46. The average molecular weight is 463 g/mol. The molecular weight excluding hydrogens is 425 g/mol.